The molecule has 0 bridgehead atoms. The van der Waals surface area contributed by atoms with E-state index in [4.69, 9.17) is 4.98 Å². The first-order valence-electron chi connectivity index (χ1n) is 8.41. The van der Waals surface area contributed by atoms with E-state index in [9.17, 15) is 4.79 Å². The summed E-state index contributed by atoms with van der Waals surface area (Å²) in [6, 6.07) is 11.2. The molecule has 4 rings (SSSR count). The second-order valence-electron chi connectivity index (χ2n) is 6.06. The Morgan fingerprint density at radius 3 is 2.67 bits per heavy atom. The molecule has 0 spiro atoms. The fraction of sp³-hybridized carbons (Fsp3) is 0.100. The van der Waals surface area contributed by atoms with Gasteiger partial charge in [-0.3, -0.25) is 24.9 Å². The highest BCUT2D eigenvalue weighted by Crippen LogP contribution is 2.30. The number of aryl methyl sites for hydroxylation is 1. The van der Waals surface area contributed by atoms with Crippen LogP contribution in [0.5, 0.6) is 0 Å². The topological polar surface area (TPSA) is 72.7 Å². The number of hydrogen-bond acceptors (Lipinski definition) is 5. The molecule has 6 nitrogen and oxygen atoms in total. The van der Waals surface area contributed by atoms with Crippen molar-refractivity contribution in [3.8, 4) is 22.0 Å². The predicted molar refractivity (Wildman–Crippen MR) is 106 cm³/mol. The van der Waals surface area contributed by atoms with E-state index < -0.39 is 0 Å². The van der Waals surface area contributed by atoms with E-state index in [0.29, 0.717) is 5.56 Å². The lowest BCUT2D eigenvalue weighted by molar-refractivity contribution is 0.101. The Morgan fingerprint density at radius 1 is 1.11 bits per heavy atom. The molecule has 3 aromatic heterocycles. The number of rotatable bonds is 4. The third-order valence-corrected chi connectivity index (χ3v) is 5.11. The summed E-state index contributed by atoms with van der Waals surface area (Å²) in [5.74, 6) is -0.150. The Bertz CT molecular complexity index is 1090. The molecule has 0 aliphatic heterocycles. The molecule has 3 heterocycles. The lowest BCUT2D eigenvalue weighted by atomic mass is 10.2. The van der Waals surface area contributed by atoms with Crippen LogP contribution in [-0.4, -0.2) is 25.5 Å². The van der Waals surface area contributed by atoms with Gasteiger partial charge < -0.3 is 0 Å². The van der Waals surface area contributed by atoms with Crippen LogP contribution in [0.3, 0.4) is 0 Å². The number of nitrogens with one attached hydrogen (secondary N) is 1. The molecule has 7 heteroatoms. The van der Waals surface area contributed by atoms with E-state index in [1.54, 1.807) is 35.4 Å². The van der Waals surface area contributed by atoms with Crippen LogP contribution in [0.4, 0.5) is 0 Å². The van der Waals surface area contributed by atoms with Gasteiger partial charge in [0, 0.05) is 40.3 Å². The van der Waals surface area contributed by atoms with Gasteiger partial charge in [0.2, 0.25) is 0 Å². The van der Waals surface area contributed by atoms with Crippen LogP contribution < -0.4 is 5.43 Å². The first-order valence-corrected chi connectivity index (χ1v) is 9.29. The van der Waals surface area contributed by atoms with Gasteiger partial charge in [0.05, 0.1) is 11.9 Å². The van der Waals surface area contributed by atoms with Crippen molar-refractivity contribution >= 4 is 17.2 Å². The second-order valence-corrected chi connectivity index (χ2v) is 6.91. The normalized spacial score (nSPS) is 10.7. The lowest BCUT2D eigenvalue weighted by Crippen LogP contribution is -2.24. The molecule has 134 valence electrons. The van der Waals surface area contributed by atoms with Crippen molar-refractivity contribution in [2.24, 2.45) is 0 Å². The van der Waals surface area contributed by atoms with E-state index in [2.05, 4.69) is 15.4 Å². The molecule has 1 N–H and O–H groups in total. The zero-order valence-corrected chi connectivity index (χ0v) is 15.7. The molecule has 4 aromatic rings. The van der Waals surface area contributed by atoms with Crippen molar-refractivity contribution < 1.29 is 4.79 Å². The highest BCUT2D eigenvalue weighted by atomic mass is 32.1. The second kappa shape index (κ2) is 7.13. The molecule has 0 saturated heterocycles. The molecule has 27 heavy (non-hydrogen) atoms. The lowest BCUT2D eigenvalue weighted by Gasteiger charge is -2.11. The minimum Gasteiger partial charge on any atom is -0.267 e. The number of thiazole rings is 1. The summed E-state index contributed by atoms with van der Waals surface area (Å²) in [5.41, 5.74) is 8.01. The van der Waals surface area contributed by atoms with E-state index in [1.807, 2.05) is 43.5 Å². The summed E-state index contributed by atoms with van der Waals surface area (Å²) in [7, 11) is 0. The van der Waals surface area contributed by atoms with Crippen LogP contribution in [0.15, 0.2) is 60.4 Å². The van der Waals surface area contributed by atoms with Crippen LogP contribution in [0.25, 0.3) is 22.0 Å². The van der Waals surface area contributed by atoms with Gasteiger partial charge in [-0.2, -0.15) is 0 Å². The maximum Gasteiger partial charge on any atom is 0.270 e. The summed E-state index contributed by atoms with van der Waals surface area (Å²) in [6.07, 6.45) is 4.99. The number of amides is 1. The van der Waals surface area contributed by atoms with E-state index in [-0.39, 0.29) is 5.91 Å². The fourth-order valence-corrected chi connectivity index (χ4v) is 3.65. The van der Waals surface area contributed by atoms with Crippen LogP contribution in [0.1, 0.15) is 21.7 Å². The van der Waals surface area contributed by atoms with Crippen LogP contribution >= 0.6 is 11.3 Å². The Hall–Kier alpha value is -3.32. The average Bonchev–Trinajstić information content (AvgIpc) is 3.30. The largest absolute Gasteiger partial charge is 0.270 e. The maximum absolute atomic E-state index is 12.5. The van der Waals surface area contributed by atoms with Crippen LogP contribution in [0.2, 0.25) is 0 Å². The quantitative estimate of drug-likeness (QED) is 0.584. The summed E-state index contributed by atoms with van der Waals surface area (Å²) in [6.45, 7) is 3.92. The molecular weight excluding hydrogens is 358 g/mol. The van der Waals surface area contributed by atoms with Gasteiger partial charge >= 0.3 is 0 Å². The SMILES string of the molecule is Cc1cc(-c2csc(-c3cnccn3)n2)c(C)n1NC(=O)c1ccccc1. The minimum absolute atomic E-state index is 0.150. The van der Waals surface area contributed by atoms with E-state index >= 15 is 0 Å². The van der Waals surface area contributed by atoms with Gasteiger partial charge in [-0.05, 0) is 32.0 Å². The first-order chi connectivity index (χ1) is 13.1. The fourth-order valence-electron chi connectivity index (χ4n) is 2.87. The number of hydrogen-bond donors (Lipinski definition) is 1. The zero-order valence-electron chi connectivity index (χ0n) is 14.9. The van der Waals surface area contributed by atoms with Gasteiger partial charge in [0.1, 0.15) is 10.7 Å². The number of carbonyl (C=O) groups is 1. The van der Waals surface area contributed by atoms with Gasteiger partial charge in [-0.1, -0.05) is 18.2 Å². The summed E-state index contributed by atoms with van der Waals surface area (Å²) < 4.78 is 1.80. The monoisotopic (exact) mass is 375 g/mol. The van der Waals surface area contributed by atoms with Gasteiger partial charge in [0.15, 0.2) is 0 Å². The minimum atomic E-state index is -0.150. The van der Waals surface area contributed by atoms with Crippen LogP contribution in [-0.2, 0) is 0 Å². The molecule has 1 amide bonds. The van der Waals surface area contributed by atoms with Crippen molar-refractivity contribution in [3.05, 3.63) is 77.3 Å². The Balaban J connectivity index is 1.64. The van der Waals surface area contributed by atoms with Crippen molar-refractivity contribution in [1.29, 1.82) is 0 Å². The predicted octanol–water partition coefficient (Wildman–Crippen LogP) is 4.07. The Morgan fingerprint density at radius 2 is 1.93 bits per heavy atom. The zero-order chi connectivity index (χ0) is 18.8. The Kier molecular flexibility index (Phi) is 4.52. The standard InChI is InChI=1S/C20H17N5OS/c1-13-10-16(18-12-27-20(23-18)17-11-21-8-9-22-17)14(2)25(13)24-19(26)15-6-4-3-5-7-15/h3-12H,1-2H3,(H,24,26). The highest BCUT2D eigenvalue weighted by molar-refractivity contribution is 7.13. The summed E-state index contributed by atoms with van der Waals surface area (Å²) in [4.78, 5) is 25.6. The molecule has 1 aromatic carbocycles. The molecule has 0 saturated carbocycles. The van der Waals surface area contributed by atoms with E-state index in [1.165, 1.54) is 11.3 Å². The van der Waals surface area contributed by atoms with Crippen molar-refractivity contribution in [3.63, 3.8) is 0 Å². The summed E-state index contributed by atoms with van der Waals surface area (Å²) in [5, 5.41) is 2.81. The molecule has 0 unspecified atom stereocenters. The molecule has 0 aliphatic carbocycles. The molecular formula is C20H17N5OS. The molecule has 0 radical (unpaired) electrons. The number of aromatic nitrogens is 4. The number of benzene rings is 1. The molecule has 0 fully saturated rings. The number of carbonyl (C=O) groups excluding carboxylic acids is 1. The average molecular weight is 375 g/mol. The number of nitrogens with zero attached hydrogens (tertiary/aromatic N) is 4. The Labute approximate surface area is 160 Å². The maximum atomic E-state index is 12.5. The summed E-state index contributed by atoms with van der Waals surface area (Å²) >= 11 is 1.52. The van der Waals surface area contributed by atoms with Crippen molar-refractivity contribution in [1.82, 2.24) is 19.6 Å². The molecule has 0 atom stereocenters. The molecule has 0 aliphatic rings. The third kappa shape index (κ3) is 3.37. The van der Waals surface area contributed by atoms with Crippen molar-refractivity contribution in [2.75, 3.05) is 5.43 Å². The van der Waals surface area contributed by atoms with Crippen LogP contribution in [0, 0.1) is 13.8 Å². The third-order valence-electron chi connectivity index (χ3n) is 4.24. The van der Waals surface area contributed by atoms with E-state index in [0.717, 1.165) is 33.3 Å². The van der Waals surface area contributed by atoms with Gasteiger partial charge in [-0.25, -0.2) is 4.98 Å². The van der Waals surface area contributed by atoms with Gasteiger partial charge in [-0.15, -0.1) is 11.3 Å². The van der Waals surface area contributed by atoms with Crippen molar-refractivity contribution in [2.45, 2.75) is 13.8 Å². The smallest absolute Gasteiger partial charge is 0.267 e. The highest BCUT2D eigenvalue weighted by Gasteiger charge is 2.16. The van der Waals surface area contributed by atoms with Gasteiger partial charge in [0.25, 0.3) is 5.91 Å². The first kappa shape index (κ1) is 17.1.